The minimum Gasteiger partial charge on any atom is -0.486 e. The topological polar surface area (TPSA) is 56.2 Å². The molecular formula is C24H16Cl4FN3O2. The Morgan fingerprint density at radius 2 is 1.76 bits per heavy atom. The highest BCUT2D eigenvalue weighted by Crippen LogP contribution is 2.36. The fourth-order valence-corrected chi connectivity index (χ4v) is 4.32. The molecule has 0 spiro atoms. The predicted molar refractivity (Wildman–Crippen MR) is 133 cm³/mol. The molecule has 0 radical (unpaired) electrons. The van der Waals surface area contributed by atoms with Gasteiger partial charge in [0, 0.05) is 21.8 Å². The summed E-state index contributed by atoms with van der Waals surface area (Å²) in [6.07, 6.45) is 3.18. The number of ether oxygens (including phenoxy) is 1. The van der Waals surface area contributed by atoms with Gasteiger partial charge in [0.2, 0.25) is 0 Å². The zero-order valence-electron chi connectivity index (χ0n) is 17.4. The lowest BCUT2D eigenvalue weighted by atomic mass is 10.1. The average Bonchev–Trinajstić information content (AvgIpc) is 3.22. The number of anilines is 1. The molecule has 1 N–H and O–H groups in total. The van der Waals surface area contributed by atoms with Crippen molar-refractivity contribution in [3.05, 3.63) is 110 Å². The molecule has 0 aliphatic rings. The number of halogens is 5. The van der Waals surface area contributed by atoms with E-state index in [1.165, 1.54) is 18.3 Å². The van der Waals surface area contributed by atoms with Gasteiger partial charge >= 0.3 is 0 Å². The van der Waals surface area contributed by atoms with E-state index >= 15 is 0 Å². The number of hydrogen-bond donors (Lipinski definition) is 1. The summed E-state index contributed by atoms with van der Waals surface area (Å²) < 4.78 is 20.6. The van der Waals surface area contributed by atoms with Crippen LogP contribution in [0.2, 0.25) is 20.1 Å². The van der Waals surface area contributed by atoms with Gasteiger partial charge in [0.25, 0.3) is 5.91 Å². The number of hydrogen-bond acceptors (Lipinski definition) is 3. The van der Waals surface area contributed by atoms with Crippen LogP contribution in [0.15, 0.2) is 67.0 Å². The van der Waals surface area contributed by atoms with Crippen LogP contribution in [0.3, 0.4) is 0 Å². The Hall–Kier alpha value is -2.77. The first-order chi connectivity index (χ1) is 16.3. The summed E-state index contributed by atoms with van der Waals surface area (Å²) in [6.45, 7) is 0.482. The van der Waals surface area contributed by atoms with Crippen LogP contribution >= 0.6 is 46.4 Å². The second kappa shape index (κ2) is 10.7. The Balaban J connectivity index is 1.40. The molecule has 1 amide bonds. The van der Waals surface area contributed by atoms with Gasteiger partial charge in [-0.1, -0.05) is 64.6 Å². The maximum atomic E-state index is 13.2. The van der Waals surface area contributed by atoms with Gasteiger partial charge in [-0.15, -0.1) is 0 Å². The standard InChI is InChI=1S/C24H16Cl4FN3O2/c25-17-7-21(27)23(22(28)8-17)34-13-14-2-1-3-15(6-14)24(33)31-19-10-30-32(12-19)11-16-4-5-18(29)9-20(16)26/h1-10,12H,11,13H2,(H,31,33). The number of carbonyl (C=O) groups excluding carboxylic acids is 1. The molecule has 0 saturated carbocycles. The second-order valence-electron chi connectivity index (χ2n) is 7.30. The number of amides is 1. The molecule has 0 unspecified atom stereocenters. The summed E-state index contributed by atoms with van der Waals surface area (Å²) in [6, 6.07) is 14.2. The number of nitrogens with zero attached hydrogens (tertiary/aromatic N) is 2. The summed E-state index contributed by atoms with van der Waals surface area (Å²) in [5.41, 5.74) is 2.39. The molecule has 34 heavy (non-hydrogen) atoms. The fourth-order valence-electron chi connectivity index (χ4n) is 3.17. The van der Waals surface area contributed by atoms with Crippen LogP contribution in [-0.2, 0) is 13.2 Å². The molecule has 10 heteroatoms. The minimum absolute atomic E-state index is 0.151. The fraction of sp³-hybridized carbons (Fsp3) is 0.0833. The van der Waals surface area contributed by atoms with Gasteiger partial charge in [0.05, 0.1) is 28.5 Å². The molecule has 0 atom stereocenters. The molecule has 3 aromatic carbocycles. The summed E-state index contributed by atoms with van der Waals surface area (Å²) in [7, 11) is 0. The number of nitrogens with one attached hydrogen (secondary N) is 1. The van der Waals surface area contributed by atoms with E-state index in [2.05, 4.69) is 10.4 Å². The van der Waals surface area contributed by atoms with E-state index in [0.717, 1.165) is 5.56 Å². The van der Waals surface area contributed by atoms with Gasteiger partial charge in [-0.05, 0) is 47.5 Å². The third-order valence-electron chi connectivity index (χ3n) is 4.77. The molecule has 0 fully saturated rings. The number of rotatable bonds is 7. The van der Waals surface area contributed by atoms with E-state index in [-0.39, 0.29) is 12.5 Å². The van der Waals surface area contributed by atoms with Crippen molar-refractivity contribution in [2.75, 3.05) is 5.32 Å². The molecule has 0 bridgehead atoms. The third-order valence-corrected chi connectivity index (χ3v) is 5.91. The summed E-state index contributed by atoms with van der Waals surface area (Å²) >= 11 is 24.3. The molecule has 0 aliphatic heterocycles. The van der Waals surface area contributed by atoms with Gasteiger partial charge in [0.15, 0.2) is 5.75 Å². The number of carbonyl (C=O) groups is 1. The minimum atomic E-state index is -0.408. The van der Waals surface area contributed by atoms with Crippen LogP contribution in [0.1, 0.15) is 21.5 Å². The lowest BCUT2D eigenvalue weighted by Crippen LogP contribution is -2.12. The van der Waals surface area contributed by atoms with E-state index in [4.69, 9.17) is 51.1 Å². The Kier molecular flexibility index (Phi) is 7.63. The van der Waals surface area contributed by atoms with Crippen LogP contribution in [0.25, 0.3) is 0 Å². The molecule has 174 valence electrons. The molecular weight excluding hydrogens is 523 g/mol. The maximum absolute atomic E-state index is 13.2. The molecule has 4 rings (SSSR count). The van der Waals surface area contributed by atoms with Gasteiger partial charge in [-0.2, -0.15) is 5.10 Å². The van der Waals surface area contributed by atoms with Crippen molar-refractivity contribution >= 4 is 58.0 Å². The van der Waals surface area contributed by atoms with Crippen LogP contribution in [0, 0.1) is 5.82 Å². The molecule has 4 aromatic rings. The van der Waals surface area contributed by atoms with Crippen molar-refractivity contribution < 1.29 is 13.9 Å². The van der Waals surface area contributed by atoms with Crippen LogP contribution in [-0.4, -0.2) is 15.7 Å². The first-order valence-corrected chi connectivity index (χ1v) is 11.4. The van der Waals surface area contributed by atoms with Crippen LogP contribution in [0.5, 0.6) is 5.75 Å². The van der Waals surface area contributed by atoms with Gasteiger partial charge in [-0.3, -0.25) is 9.48 Å². The van der Waals surface area contributed by atoms with Crippen molar-refractivity contribution in [3.63, 3.8) is 0 Å². The van der Waals surface area contributed by atoms with E-state index in [1.54, 1.807) is 47.3 Å². The Morgan fingerprint density at radius 3 is 2.50 bits per heavy atom. The maximum Gasteiger partial charge on any atom is 0.255 e. The summed E-state index contributed by atoms with van der Waals surface area (Å²) in [4.78, 5) is 12.7. The first-order valence-electron chi connectivity index (χ1n) is 9.92. The van der Waals surface area contributed by atoms with Crippen LogP contribution in [0.4, 0.5) is 10.1 Å². The smallest absolute Gasteiger partial charge is 0.255 e. The highest BCUT2D eigenvalue weighted by Gasteiger charge is 2.12. The zero-order valence-corrected chi connectivity index (χ0v) is 20.4. The summed E-state index contributed by atoms with van der Waals surface area (Å²) in [5, 5.41) is 8.33. The molecule has 1 aromatic heterocycles. The SMILES string of the molecule is O=C(Nc1cnn(Cc2ccc(F)cc2Cl)c1)c1cccc(COc2c(Cl)cc(Cl)cc2Cl)c1. The average molecular weight is 539 g/mol. The van der Waals surface area contributed by atoms with Crippen molar-refractivity contribution in [3.8, 4) is 5.75 Å². The van der Waals surface area contributed by atoms with Crippen molar-refractivity contribution in [2.24, 2.45) is 0 Å². The summed E-state index contributed by atoms with van der Waals surface area (Å²) in [5.74, 6) is -0.408. The zero-order chi connectivity index (χ0) is 24.2. The molecule has 5 nitrogen and oxygen atoms in total. The normalized spacial score (nSPS) is 10.9. The van der Waals surface area contributed by atoms with E-state index in [9.17, 15) is 9.18 Å². The second-order valence-corrected chi connectivity index (χ2v) is 8.96. The van der Waals surface area contributed by atoms with E-state index < -0.39 is 5.82 Å². The Bertz CT molecular complexity index is 1340. The molecule has 0 saturated heterocycles. The third kappa shape index (κ3) is 6.02. The number of aromatic nitrogens is 2. The van der Waals surface area contributed by atoms with Gasteiger partial charge in [-0.25, -0.2) is 4.39 Å². The Morgan fingerprint density at radius 1 is 1.00 bits per heavy atom. The number of benzene rings is 3. The van der Waals surface area contributed by atoms with Crippen molar-refractivity contribution in [1.29, 1.82) is 0 Å². The van der Waals surface area contributed by atoms with Gasteiger partial charge in [0.1, 0.15) is 12.4 Å². The van der Waals surface area contributed by atoms with E-state index in [1.807, 2.05) is 6.07 Å². The highest BCUT2D eigenvalue weighted by atomic mass is 35.5. The van der Waals surface area contributed by atoms with E-state index in [0.29, 0.717) is 49.2 Å². The van der Waals surface area contributed by atoms with Crippen molar-refractivity contribution in [1.82, 2.24) is 9.78 Å². The largest absolute Gasteiger partial charge is 0.486 e. The predicted octanol–water partition coefficient (Wildman–Crippen LogP) is 7.52. The van der Waals surface area contributed by atoms with Crippen molar-refractivity contribution in [2.45, 2.75) is 13.2 Å². The molecule has 0 aliphatic carbocycles. The quantitative estimate of drug-likeness (QED) is 0.265. The lowest BCUT2D eigenvalue weighted by molar-refractivity contribution is 0.102. The first kappa shape index (κ1) is 24.4. The molecule has 1 heterocycles. The Labute approximate surface area is 215 Å². The lowest BCUT2D eigenvalue weighted by Gasteiger charge is -2.11. The van der Waals surface area contributed by atoms with Crippen LogP contribution < -0.4 is 10.1 Å². The highest BCUT2D eigenvalue weighted by molar-refractivity contribution is 6.40. The van der Waals surface area contributed by atoms with Gasteiger partial charge < -0.3 is 10.1 Å². The monoisotopic (exact) mass is 537 g/mol.